The Balaban J connectivity index is 1.32. The van der Waals surface area contributed by atoms with Crippen LogP contribution in [0.4, 0.5) is 5.69 Å². The number of nitrogens with zero attached hydrogens (tertiary/aromatic N) is 3. The summed E-state index contributed by atoms with van der Waals surface area (Å²) >= 11 is 0. The monoisotopic (exact) mass is 638 g/mol. The molecule has 0 radical (unpaired) electrons. The van der Waals surface area contributed by atoms with Crippen LogP contribution < -0.4 is 5.32 Å². The summed E-state index contributed by atoms with van der Waals surface area (Å²) in [7, 11) is -1.74. The molecular weight excluding hydrogens is 604 g/mol. The van der Waals surface area contributed by atoms with Gasteiger partial charge in [0.25, 0.3) is 11.8 Å². The summed E-state index contributed by atoms with van der Waals surface area (Å²) in [4.78, 5) is 44.7. The van der Waals surface area contributed by atoms with Crippen molar-refractivity contribution in [3.8, 4) is 11.8 Å². The van der Waals surface area contributed by atoms with Crippen molar-refractivity contribution in [3.63, 3.8) is 0 Å². The van der Waals surface area contributed by atoms with Crippen LogP contribution in [0.15, 0.2) is 99.1 Å². The van der Waals surface area contributed by atoms with E-state index in [9.17, 15) is 18.6 Å². The summed E-state index contributed by atoms with van der Waals surface area (Å²) in [5.41, 5.74) is 2.55. The lowest BCUT2D eigenvalue weighted by Gasteiger charge is -2.22. The van der Waals surface area contributed by atoms with Gasteiger partial charge in [-0.1, -0.05) is 36.1 Å². The molecule has 1 saturated heterocycles. The van der Waals surface area contributed by atoms with Gasteiger partial charge in [-0.15, -0.1) is 0 Å². The number of aromatic nitrogens is 1. The van der Waals surface area contributed by atoms with E-state index in [-0.39, 0.29) is 35.0 Å². The fourth-order valence-corrected chi connectivity index (χ4v) is 7.14. The third kappa shape index (κ3) is 7.96. The second-order valence-electron chi connectivity index (χ2n) is 10.8. The lowest BCUT2D eigenvalue weighted by Crippen LogP contribution is -2.37. The first-order valence-corrected chi connectivity index (χ1v) is 16.5. The number of rotatable bonds is 9. The molecule has 0 spiro atoms. The molecule has 1 fully saturated rings. The van der Waals surface area contributed by atoms with Crippen molar-refractivity contribution in [1.29, 1.82) is 0 Å². The van der Waals surface area contributed by atoms with Crippen molar-refractivity contribution < 1.29 is 27.7 Å². The number of hydrogen-bond acceptors (Lipinski definition) is 8. The summed E-state index contributed by atoms with van der Waals surface area (Å²) in [5.74, 6) is 5.13. The molecule has 0 saturated carbocycles. The Kier molecular flexibility index (Phi) is 10.4. The Labute approximate surface area is 268 Å². The van der Waals surface area contributed by atoms with Crippen LogP contribution in [0.5, 0.6) is 0 Å². The predicted octanol–water partition coefficient (Wildman–Crippen LogP) is 5.33. The zero-order chi connectivity index (χ0) is 32.5. The maximum Gasteiger partial charge on any atom is 0.323 e. The van der Waals surface area contributed by atoms with Gasteiger partial charge in [0.1, 0.15) is 6.04 Å². The average Bonchev–Trinajstić information content (AvgIpc) is 3.73. The zero-order valence-electron chi connectivity index (χ0n) is 25.6. The van der Waals surface area contributed by atoms with Crippen LogP contribution in [0.1, 0.15) is 56.9 Å². The largest absolute Gasteiger partial charge is 0.468 e. The number of benzene rings is 2. The minimum absolute atomic E-state index is 0.145. The van der Waals surface area contributed by atoms with E-state index in [1.54, 1.807) is 67.6 Å². The topological polar surface area (TPSA) is 131 Å². The lowest BCUT2D eigenvalue weighted by molar-refractivity contribution is -0.145. The Hall–Kier alpha value is -5.05. The van der Waals surface area contributed by atoms with Gasteiger partial charge in [0, 0.05) is 45.4 Å². The highest BCUT2D eigenvalue weighted by Gasteiger charge is 2.31. The van der Waals surface area contributed by atoms with Crippen molar-refractivity contribution in [1.82, 2.24) is 9.88 Å². The highest BCUT2D eigenvalue weighted by Crippen LogP contribution is 2.21. The molecule has 3 heterocycles. The van der Waals surface area contributed by atoms with E-state index >= 15 is 0 Å². The maximum absolute atomic E-state index is 14.2. The molecule has 4 aromatic rings. The van der Waals surface area contributed by atoms with Crippen molar-refractivity contribution in [3.05, 3.63) is 113 Å². The molecule has 2 atom stereocenters. The van der Waals surface area contributed by atoms with E-state index in [1.807, 2.05) is 11.0 Å². The van der Waals surface area contributed by atoms with Gasteiger partial charge in [-0.3, -0.25) is 24.3 Å². The molecule has 0 aliphatic carbocycles. The number of methoxy groups -OCH3 is 1. The number of anilines is 1. The summed E-state index contributed by atoms with van der Waals surface area (Å²) in [5, 5.41) is 2.80. The number of carbonyl (C=O) groups excluding carboxylic acids is 3. The number of ether oxygens (including phenoxy) is 1. The summed E-state index contributed by atoms with van der Waals surface area (Å²) in [6, 6.07) is 18.8. The number of amides is 2. The van der Waals surface area contributed by atoms with Gasteiger partial charge >= 0.3 is 5.97 Å². The lowest BCUT2D eigenvalue weighted by atomic mass is 10.1. The number of pyridine rings is 1. The molecule has 11 heteroatoms. The number of esters is 1. The van der Waals surface area contributed by atoms with Gasteiger partial charge in [-0.25, -0.2) is 4.21 Å². The van der Waals surface area contributed by atoms with Gasteiger partial charge in [0.2, 0.25) is 0 Å². The molecule has 1 N–H and O–H groups in total. The molecule has 236 valence electrons. The molecule has 2 aromatic heterocycles. The van der Waals surface area contributed by atoms with Crippen LogP contribution in [0, 0.1) is 18.8 Å². The van der Waals surface area contributed by atoms with Crippen LogP contribution in [0.25, 0.3) is 0 Å². The van der Waals surface area contributed by atoms with Crippen molar-refractivity contribution >= 4 is 33.2 Å². The molecule has 1 unspecified atom stereocenters. The first-order chi connectivity index (χ1) is 22.3. The molecule has 10 nitrogen and oxygen atoms in total. The van der Waals surface area contributed by atoms with Gasteiger partial charge in [0.05, 0.1) is 28.7 Å². The Morgan fingerprint density at radius 3 is 2.63 bits per heavy atom. The van der Waals surface area contributed by atoms with E-state index in [1.165, 1.54) is 25.8 Å². The Morgan fingerprint density at radius 2 is 1.87 bits per heavy atom. The number of likely N-dealkylation sites (tertiary alicyclic amines) is 1. The summed E-state index contributed by atoms with van der Waals surface area (Å²) in [6.45, 7) is 3.08. The number of nitrogens with one attached hydrogen (secondary N) is 1. The van der Waals surface area contributed by atoms with Crippen molar-refractivity contribution in [2.75, 3.05) is 31.3 Å². The quantitative estimate of drug-likeness (QED) is 0.192. The average molecular weight is 639 g/mol. The van der Waals surface area contributed by atoms with Crippen LogP contribution in [-0.2, 0) is 19.3 Å². The van der Waals surface area contributed by atoms with Gasteiger partial charge < -0.3 is 14.5 Å². The number of aryl methyl sites for hydroxylation is 1. The number of furan rings is 1. The first-order valence-electron chi connectivity index (χ1n) is 14.8. The fourth-order valence-electron chi connectivity index (χ4n) is 5.23. The standard InChI is InChI=1S/C35H34N4O6S/c1-25-16-19-45-32(25)34(41)37-29-10-6-9-26(22-29)14-15-27-21-28(24-36-23-27)33(40)38-46(43,30-11-4-3-5-12-30)20-8-18-39-17-7-13-31(39)35(42)44-2/h3-6,9-12,16,19,21-24,31H,7-8,13,17-18,20H2,1-2H3,(H,37,41)/t31?,46-/m0/s1. The third-order valence-electron chi connectivity index (χ3n) is 7.57. The summed E-state index contributed by atoms with van der Waals surface area (Å²) in [6.07, 6.45) is 6.45. The normalized spacial score (nSPS) is 15.7. The SMILES string of the molecule is COC(=O)C1CCCN1CCC[S@@](=O)(=NC(=O)c1cncc(C#Cc2cccc(NC(=O)c3occc3C)c2)c1)c1ccccc1. The highest BCUT2D eigenvalue weighted by molar-refractivity contribution is 7.94. The predicted molar refractivity (Wildman–Crippen MR) is 174 cm³/mol. The molecule has 1 aliphatic heterocycles. The second kappa shape index (κ2) is 14.8. The van der Waals surface area contributed by atoms with E-state index in [2.05, 4.69) is 26.5 Å². The van der Waals surface area contributed by atoms with Gasteiger partial charge in [-0.2, -0.15) is 4.36 Å². The van der Waals surface area contributed by atoms with E-state index in [4.69, 9.17) is 9.15 Å². The van der Waals surface area contributed by atoms with E-state index in [0.29, 0.717) is 34.7 Å². The second-order valence-corrected chi connectivity index (χ2v) is 13.1. The van der Waals surface area contributed by atoms with Crippen LogP contribution in [0.3, 0.4) is 0 Å². The van der Waals surface area contributed by atoms with Crippen LogP contribution in [0.2, 0.25) is 0 Å². The Bertz CT molecular complexity index is 1920. The molecule has 0 bridgehead atoms. The van der Waals surface area contributed by atoms with Crippen LogP contribution in [-0.4, -0.2) is 63.9 Å². The maximum atomic E-state index is 14.2. The first kappa shape index (κ1) is 32.3. The van der Waals surface area contributed by atoms with Crippen molar-refractivity contribution in [2.45, 2.75) is 37.1 Å². The number of carbonyl (C=O) groups is 3. The molecular formula is C35H34N4O6S. The minimum Gasteiger partial charge on any atom is -0.468 e. The third-order valence-corrected chi connectivity index (χ3v) is 9.88. The number of hydrogen-bond donors (Lipinski definition) is 1. The smallest absolute Gasteiger partial charge is 0.323 e. The molecule has 5 rings (SSSR count). The fraction of sp³-hybridized carbons (Fsp3) is 0.257. The summed E-state index contributed by atoms with van der Waals surface area (Å²) < 4.78 is 28.7. The molecule has 2 amide bonds. The van der Waals surface area contributed by atoms with E-state index < -0.39 is 15.6 Å². The zero-order valence-corrected chi connectivity index (χ0v) is 26.4. The molecule has 1 aliphatic rings. The van der Waals surface area contributed by atoms with Gasteiger partial charge in [-0.05, 0) is 81.7 Å². The van der Waals surface area contributed by atoms with Crippen LogP contribution >= 0.6 is 0 Å². The Morgan fingerprint density at radius 1 is 1.07 bits per heavy atom. The molecule has 2 aromatic carbocycles. The minimum atomic E-state index is -3.12. The van der Waals surface area contributed by atoms with Crippen molar-refractivity contribution in [2.24, 2.45) is 4.36 Å². The van der Waals surface area contributed by atoms with Gasteiger partial charge in [0.15, 0.2) is 5.76 Å². The van der Waals surface area contributed by atoms with E-state index in [0.717, 1.165) is 24.9 Å². The molecule has 46 heavy (non-hydrogen) atoms. The highest BCUT2D eigenvalue weighted by atomic mass is 32.2.